The summed E-state index contributed by atoms with van der Waals surface area (Å²) in [5.74, 6) is -0.245. The maximum absolute atomic E-state index is 12.8. The molecule has 5 heteroatoms. The number of nitrogens with one attached hydrogen (secondary N) is 1. The van der Waals surface area contributed by atoms with Crippen LogP contribution in [0.2, 0.25) is 0 Å². The first-order chi connectivity index (χ1) is 7.25. The fourth-order valence-electron chi connectivity index (χ4n) is 1.14. The average Bonchev–Trinajstić information content (AvgIpc) is 2.69. The number of nitrogens with zero attached hydrogens (tertiary/aromatic N) is 1. The van der Waals surface area contributed by atoms with Crippen LogP contribution in [0.5, 0.6) is 0 Å². The van der Waals surface area contributed by atoms with Gasteiger partial charge in [-0.3, -0.25) is 4.98 Å². The highest BCUT2D eigenvalue weighted by Gasteiger charge is 2.01. The van der Waals surface area contributed by atoms with Crippen LogP contribution in [0.1, 0.15) is 4.88 Å². The number of hydrogen-bond acceptors (Lipinski definition) is 3. The number of halogens is 2. The fraction of sp³-hybridized carbons (Fsp3) is 0.100. The van der Waals surface area contributed by atoms with Crippen molar-refractivity contribution in [3.05, 3.63) is 45.1 Å². The van der Waals surface area contributed by atoms with E-state index in [0.29, 0.717) is 6.54 Å². The maximum Gasteiger partial charge on any atom is 0.124 e. The van der Waals surface area contributed by atoms with Crippen LogP contribution in [0.15, 0.2) is 34.4 Å². The van der Waals surface area contributed by atoms with Gasteiger partial charge in [-0.05, 0) is 34.1 Å². The van der Waals surface area contributed by atoms with E-state index in [1.165, 1.54) is 12.1 Å². The number of aromatic nitrogens is 1. The molecule has 78 valence electrons. The predicted molar refractivity (Wildman–Crippen MR) is 63.5 cm³/mol. The Morgan fingerprint density at radius 1 is 1.47 bits per heavy atom. The Kier molecular flexibility index (Phi) is 3.33. The van der Waals surface area contributed by atoms with Gasteiger partial charge in [0.2, 0.25) is 0 Å². The molecule has 0 saturated heterocycles. The minimum absolute atomic E-state index is 0.245. The monoisotopic (exact) mass is 286 g/mol. The molecule has 0 radical (unpaired) electrons. The van der Waals surface area contributed by atoms with Crippen molar-refractivity contribution < 1.29 is 4.39 Å². The molecule has 0 unspecified atom stereocenters. The van der Waals surface area contributed by atoms with Gasteiger partial charge < -0.3 is 5.32 Å². The van der Waals surface area contributed by atoms with Gasteiger partial charge in [0.1, 0.15) is 5.82 Å². The Morgan fingerprint density at radius 3 is 3.00 bits per heavy atom. The Hall–Kier alpha value is -0.940. The largest absolute Gasteiger partial charge is 0.379 e. The molecule has 2 aromatic rings. The molecule has 0 spiro atoms. The number of rotatable bonds is 3. The number of benzene rings is 1. The predicted octanol–water partition coefficient (Wildman–Crippen LogP) is 3.66. The van der Waals surface area contributed by atoms with Crippen molar-refractivity contribution in [2.75, 3.05) is 5.32 Å². The highest BCUT2D eigenvalue weighted by atomic mass is 79.9. The first-order valence-corrected chi connectivity index (χ1v) is 5.99. The van der Waals surface area contributed by atoms with Crippen LogP contribution in [-0.2, 0) is 6.54 Å². The molecule has 0 amide bonds. The lowest BCUT2D eigenvalue weighted by Gasteiger charge is -2.06. The van der Waals surface area contributed by atoms with Gasteiger partial charge in [0, 0.05) is 21.2 Å². The molecule has 1 aromatic heterocycles. The van der Waals surface area contributed by atoms with Crippen molar-refractivity contribution >= 4 is 33.0 Å². The average molecular weight is 287 g/mol. The lowest BCUT2D eigenvalue weighted by molar-refractivity contribution is 0.627. The molecule has 1 heterocycles. The molecule has 15 heavy (non-hydrogen) atoms. The van der Waals surface area contributed by atoms with E-state index in [4.69, 9.17) is 0 Å². The molecule has 1 aromatic carbocycles. The van der Waals surface area contributed by atoms with E-state index in [9.17, 15) is 4.39 Å². The molecule has 0 atom stereocenters. The first kappa shape index (κ1) is 10.6. The van der Waals surface area contributed by atoms with Crippen molar-refractivity contribution in [2.24, 2.45) is 0 Å². The standard InChI is InChI=1S/C10H8BrFN2S/c11-9-3-7(12)1-2-10(9)14-5-8-4-13-6-15-8/h1-4,6,14H,5H2. The van der Waals surface area contributed by atoms with Crippen molar-refractivity contribution in [2.45, 2.75) is 6.54 Å². The van der Waals surface area contributed by atoms with Gasteiger partial charge in [0.25, 0.3) is 0 Å². The van der Waals surface area contributed by atoms with Crippen molar-refractivity contribution in [3.8, 4) is 0 Å². The Balaban J connectivity index is 2.05. The summed E-state index contributed by atoms with van der Waals surface area (Å²) in [6.07, 6.45) is 1.81. The fourth-order valence-corrected chi connectivity index (χ4v) is 2.17. The zero-order chi connectivity index (χ0) is 10.7. The zero-order valence-electron chi connectivity index (χ0n) is 7.71. The number of anilines is 1. The molecule has 0 aliphatic rings. The summed E-state index contributed by atoms with van der Waals surface area (Å²) in [5.41, 5.74) is 2.67. The Labute approximate surface area is 99.3 Å². The molecule has 0 aliphatic heterocycles. The minimum atomic E-state index is -0.245. The summed E-state index contributed by atoms with van der Waals surface area (Å²) in [5, 5.41) is 3.20. The van der Waals surface area contributed by atoms with Crippen LogP contribution in [0.3, 0.4) is 0 Å². The van der Waals surface area contributed by atoms with Gasteiger partial charge in [-0.15, -0.1) is 11.3 Å². The summed E-state index contributed by atoms with van der Waals surface area (Å²) >= 11 is 4.88. The third-order valence-electron chi connectivity index (χ3n) is 1.87. The molecule has 0 saturated carbocycles. The van der Waals surface area contributed by atoms with Crippen LogP contribution in [0.25, 0.3) is 0 Å². The van der Waals surface area contributed by atoms with Gasteiger partial charge in [-0.1, -0.05) is 0 Å². The molecule has 2 nitrogen and oxygen atoms in total. The third kappa shape index (κ3) is 2.76. The van der Waals surface area contributed by atoms with E-state index in [-0.39, 0.29) is 5.82 Å². The molecular formula is C10H8BrFN2S. The Morgan fingerprint density at radius 2 is 2.33 bits per heavy atom. The van der Waals surface area contributed by atoms with Crippen LogP contribution >= 0.6 is 27.3 Å². The van der Waals surface area contributed by atoms with E-state index in [1.54, 1.807) is 22.9 Å². The summed E-state index contributed by atoms with van der Waals surface area (Å²) in [4.78, 5) is 5.12. The van der Waals surface area contributed by atoms with E-state index in [2.05, 4.69) is 26.2 Å². The maximum atomic E-state index is 12.8. The smallest absolute Gasteiger partial charge is 0.124 e. The summed E-state index contributed by atoms with van der Waals surface area (Å²) in [6.45, 7) is 0.703. The van der Waals surface area contributed by atoms with E-state index in [0.717, 1.165) is 15.0 Å². The topological polar surface area (TPSA) is 24.9 Å². The molecule has 0 bridgehead atoms. The third-order valence-corrected chi connectivity index (χ3v) is 3.30. The highest BCUT2D eigenvalue weighted by molar-refractivity contribution is 9.10. The molecule has 0 aliphatic carbocycles. The van der Waals surface area contributed by atoms with Crippen LogP contribution in [0, 0.1) is 5.82 Å². The minimum Gasteiger partial charge on any atom is -0.379 e. The summed E-state index contributed by atoms with van der Waals surface area (Å²) in [6, 6.07) is 4.58. The van der Waals surface area contributed by atoms with Gasteiger partial charge in [-0.25, -0.2) is 4.39 Å². The second kappa shape index (κ2) is 4.72. The number of hydrogen-bond donors (Lipinski definition) is 1. The number of thiazole rings is 1. The Bertz CT molecular complexity index is 445. The van der Waals surface area contributed by atoms with E-state index >= 15 is 0 Å². The van der Waals surface area contributed by atoms with Crippen LogP contribution < -0.4 is 5.32 Å². The summed E-state index contributed by atoms with van der Waals surface area (Å²) in [7, 11) is 0. The van der Waals surface area contributed by atoms with E-state index in [1.807, 2.05) is 6.20 Å². The second-order valence-electron chi connectivity index (χ2n) is 2.95. The SMILES string of the molecule is Fc1ccc(NCc2cncs2)c(Br)c1. The molecular weight excluding hydrogens is 279 g/mol. The van der Waals surface area contributed by atoms with Crippen molar-refractivity contribution in [1.29, 1.82) is 0 Å². The highest BCUT2D eigenvalue weighted by Crippen LogP contribution is 2.23. The lowest BCUT2D eigenvalue weighted by atomic mass is 10.3. The first-order valence-electron chi connectivity index (χ1n) is 4.32. The van der Waals surface area contributed by atoms with Gasteiger partial charge in [-0.2, -0.15) is 0 Å². The van der Waals surface area contributed by atoms with Gasteiger partial charge >= 0.3 is 0 Å². The molecule has 0 fully saturated rings. The van der Waals surface area contributed by atoms with Crippen LogP contribution in [0.4, 0.5) is 10.1 Å². The van der Waals surface area contributed by atoms with Crippen molar-refractivity contribution in [1.82, 2.24) is 4.98 Å². The summed E-state index contributed by atoms with van der Waals surface area (Å²) < 4.78 is 13.5. The quantitative estimate of drug-likeness (QED) is 0.932. The van der Waals surface area contributed by atoms with Crippen molar-refractivity contribution in [3.63, 3.8) is 0 Å². The lowest BCUT2D eigenvalue weighted by Crippen LogP contribution is -1.98. The molecule has 2 rings (SSSR count). The van der Waals surface area contributed by atoms with Gasteiger partial charge in [0.05, 0.1) is 12.1 Å². The normalized spacial score (nSPS) is 10.3. The van der Waals surface area contributed by atoms with Gasteiger partial charge in [0.15, 0.2) is 0 Å². The zero-order valence-corrected chi connectivity index (χ0v) is 10.1. The van der Waals surface area contributed by atoms with Crippen LogP contribution in [-0.4, -0.2) is 4.98 Å². The second-order valence-corrected chi connectivity index (χ2v) is 4.77. The molecule has 1 N–H and O–H groups in total. The van der Waals surface area contributed by atoms with E-state index < -0.39 is 0 Å².